The Balaban J connectivity index is 3.32. The Hall–Kier alpha value is -0.580. The van der Waals surface area contributed by atoms with Gasteiger partial charge in [-0.25, -0.2) is 5.48 Å². The molecule has 0 aliphatic rings. The molecule has 3 nitrogen and oxygen atoms in total. The van der Waals surface area contributed by atoms with E-state index in [2.05, 4.69) is 21.4 Å². The molecule has 78 valence electrons. The van der Waals surface area contributed by atoms with Gasteiger partial charge in [0.15, 0.2) is 0 Å². The van der Waals surface area contributed by atoms with Gasteiger partial charge in [0.1, 0.15) is 5.75 Å². The minimum Gasteiger partial charge on any atom is -0.496 e. The van der Waals surface area contributed by atoms with E-state index in [9.17, 15) is 0 Å². The lowest BCUT2D eigenvalue weighted by Gasteiger charge is -2.14. The van der Waals surface area contributed by atoms with E-state index >= 15 is 0 Å². The van der Waals surface area contributed by atoms with Gasteiger partial charge in [0.25, 0.3) is 0 Å². The largest absolute Gasteiger partial charge is 0.496 e. The van der Waals surface area contributed by atoms with Crippen molar-refractivity contribution in [3.8, 4) is 5.75 Å². The summed E-state index contributed by atoms with van der Waals surface area (Å²) in [6.45, 7) is 4.36. The highest BCUT2D eigenvalue weighted by Crippen LogP contribution is 2.32. The smallest absolute Gasteiger partial charge is 0.127 e. The van der Waals surface area contributed by atoms with Crippen LogP contribution in [0, 0.1) is 13.8 Å². The molecule has 0 aliphatic heterocycles. The SMILES string of the molecule is COc1c(C)cc(C)c(Br)c1CNO. The van der Waals surface area contributed by atoms with E-state index in [1.54, 1.807) is 7.11 Å². The highest BCUT2D eigenvalue weighted by molar-refractivity contribution is 9.10. The number of hydrogen-bond acceptors (Lipinski definition) is 3. The quantitative estimate of drug-likeness (QED) is 0.820. The van der Waals surface area contributed by atoms with Crippen molar-refractivity contribution in [1.29, 1.82) is 0 Å². The van der Waals surface area contributed by atoms with E-state index in [1.807, 2.05) is 19.9 Å². The van der Waals surface area contributed by atoms with Crippen LogP contribution < -0.4 is 10.2 Å². The monoisotopic (exact) mass is 259 g/mol. The van der Waals surface area contributed by atoms with Gasteiger partial charge in [-0.2, -0.15) is 0 Å². The predicted molar refractivity (Wildman–Crippen MR) is 58.8 cm³/mol. The Labute approximate surface area is 92.2 Å². The number of hydroxylamine groups is 1. The van der Waals surface area contributed by atoms with Gasteiger partial charge in [0.2, 0.25) is 0 Å². The Morgan fingerprint density at radius 1 is 1.43 bits per heavy atom. The summed E-state index contributed by atoms with van der Waals surface area (Å²) in [5.74, 6) is 0.809. The molecule has 4 heteroatoms. The number of rotatable bonds is 3. The Bertz CT molecular complexity index is 339. The molecule has 0 aromatic heterocycles. The number of hydrogen-bond donors (Lipinski definition) is 2. The van der Waals surface area contributed by atoms with Gasteiger partial charge in [-0.3, -0.25) is 0 Å². The molecule has 0 heterocycles. The van der Waals surface area contributed by atoms with E-state index in [4.69, 9.17) is 9.94 Å². The van der Waals surface area contributed by atoms with Gasteiger partial charge in [-0.1, -0.05) is 22.0 Å². The van der Waals surface area contributed by atoms with Crippen LogP contribution in [0.15, 0.2) is 10.5 Å². The summed E-state index contributed by atoms with van der Waals surface area (Å²) in [5, 5.41) is 8.72. The fourth-order valence-corrected chi connectivity index (χ4v) is 1.99. The molecule has 0 amide bonds. The Morgan fingerprint density at radius 2 is 2.07 bits per heavy atom. The topological polar surface area (TPSA) is 41.5 Å². The molecule has 0 atom stereocenters. The highest BCUT2D eigenvalue weighted by atomic mass is 79.9. The van der Waals surface area contributed by atoms with E-state index in [-0.39, 0.29) is 0 Å². The fourth-order valence-electron chi connectivity index (χ4n) is 1.55. The van der Waals surface area contributed by atoms with Crippen molar-refractivity contribution in [2.75, 3.05) is 7.11 Å². The first-order valence-electron chi connectivity index (χ1n) is 4.31. The third-order valence-electron chi connectivity index (χ3n) is 2.14. The number of benzene rings is 1. The summed E-state index contributed by atoms with van der Waals surface area (Å²) in [6.07, 6.45) is 0. The molecule has 14 heavy (non-hydrogen) atoms. The van der Waals surface area contributed by atoms with Crippen LogP contribution in [0.3, 0.4) is 0 Å². The van der Waals surface area contributed by atoms with Gasteiger partial charge >= 0.3 is 0 Å². The molecule has 0 bridgehead atoms. The summed E-state index contributed by atoms with van der Waals surface area (Å²) in [7, 11) is 1.63. The summed E-state index contributed by atoms with van der Waals surface area (Å²) in [4.78, 5) is 0. The van der Waals surface area contributed by atoms with Crippen molar-refractivity contribution in [3.63, 3.8) is 0 Å². The van der Waals surface area contributed by atoms with Crippen LogP contribution in [0.25, 0.3) is 0 Å². The predicted octanol–water partition coefficient (Wildman–Crippen LogP) is 2.55. The molecule has 0 saturated carbocycles. The van der Waals surface area contributed by atoms with Crippen molar-refractivity contribution in [3.05, 3.63) is 27.2 Å². The zero-order valence-electron chi connectivity index (χ0n) is 8.52. The molecule has 1 aromatic rings. The maximum atomic E-state index is 8.72. The number of halogens is 1. The molecular weight excluding hydrogens is 246 g/mol. The fraction of sp³-hybridized carbons (Fsp3) is 0.400. The Morgan fingerprint density at radius 3 is 2.57 bits per heavy atom. The standard InChI is InChI=1S/C10H14BrNO2/c1-6-4-7(2)10(14-3)8(5-12-13)9(6)11/h4,12-13H,5H2,1-3H3. The minimum absolute atomic E-state index is 0.367. The van der Waals surface area contributed by atoms with Crippen molar-refractivity contribution in [1.82, 2.24) is 5.48 Å². The van der Waals surface area contributed by atoms with E-state index in [0.717, 1.165) is 26.9 Å². The minimum atomic E-state index is 0.367. The average Bonchev–Trinajstić information content (AvgIpc) is 2.14. The van der Waals surface area contributed by atoms with Gasteiger partial charge in [0, 0.05) is 10.0 Å². The van der Waals surface area contributed by atoms with Crippen molar-refractivity contribution in [2.45, 2.75) is 20.4 Å². The first-order valence-corrected chi connectivity index (χ1v) is 5.10. The van der Waals surface area contributed by atoms with Gasteiger partial charge in [0.05, 0.1) is 13.7 Å². The van der Waals surface area contributed by atoms with Crippen LogP contribution in [0.1, 0.15) is 16.7 Å². The maximum Gasteiger partial charge on any atom is 0.127 e. The van der Waals surface area contributed by atoms with Crippen LogP contribution in [0.5, 0.6) is 5.75 Å². The molecule has 0 aliphatic carbocycles. The van der Waals surface area contributed by atoms with Gasteiger partial charge in [-0.15, -0.1) is 0 Å². The van der Waals surface area contributed by atoms with Crippen LogP contribution >= 0.6 is 15.9 Å². The molecule has 0 saturated heterocycles. The maximum absolute atomic E-state index is 8.72. The molecular formula is C10H14BrNO2. The van der Waals surface area contributed by atoms with Crippen LogP contribution in [-0.4, -0.2) is 12.3 Å². The molecule has 1 aromatic carbocycles. The zero-order valence-corrected chi connectivity index (χ0v) is 10.1. The second-order valence-corrected chi connectivity index (χ2v) is 3.96. The van der Waals surface area contributed by atoms with Crippen molar-refractivity contribution in [2.24, 2.45) is 0 Å². The zero-order chi connectivity index (χ0) is 10.7. The van der Waals surface area contributed by atoms with Crippen molar-refractivity contribution >= 4 is 15.9 Å². The summed E-state index contributed by atoms with van der Waals surface area (Å²) in [6, 6.07) is 2.05. The highest BCUT2D eigenvalue weighted by Gasteiger charge is 2.12. The summed E-state index contributed by atoms with van der Waals surface area (Å²) in [5.41, 5.74) is 5.28. The first kappa shape index (κ1) is 11.5. The molecule has 2 N–H and O–H groups in total. The number of methoxy groups -OCH3 is 1. The number of ether oxygens (including phenoxy) is 1. The number of aryl methyl sites for hydroxylation is 2. The normalized spacial score (nSPS) is 10.4. The van der Waals surface area contributed by atoms with Crippen LogP contribution in [0.4, 0.5) is 0 Å². The average molecular weight is 260 g/mol. The number of nitrogens with one attached hydrogen (secondary N) is 1. The lowest BCUT2D eigenvalue weighted by molar-refractivity contribution is 0.160. The van der Waals surface area contributed by atoms with E-state index in [0.29, 0.717) is 6.54 Å². The molecule has 0 spiro atoms. The van der Waals surface area contributed by atoms with Crippen LogP contribution in [0.2, 0.25) is 0 Å². The summed E-state index contributed by atoms with van der Waals surface area (Å²) >= 11 is 3.48. The molecule has 0 fully saturated rings. The van der Waals surface area contributed by atoms with Crippen LogP contribution in [-0.2, 0) is 6.54 Å². The van der Waals surface area contributed by atoms with Gasteiger partial charge < -0.3 is 9.94 Å². The third kappa shape index (κ3) is 2.08. The Kier molecular flexibility index (Phi) is 3.92. The van der Waals surface area contributed by atoms with Gasteiger partial charge in [-0.05, 0) is 25.0 Å². The second-order valence-electron chi connectivity index (χ2n) is 3.17. The lowest BCUT2D eigenvalue weighted by atomic mass is 10.1. The summed E-state index contributed by atoms with van der Waals surface area (Å²) < 4.78 is 6.26. The first-order chi connectivity index (χ1) is 6.61. The second kappa shape index (κ2) is 4.77. The third-order valence-corrected chi connectivity index (χ3v) is 3.24. The molecule has 0 unspecified atom stereocenters. The molecule has 0 radical (unpaired) electrons. The van der Waals surface area contributed by atoms with E-state index < -0.39 is 0 Å². The molecule has 1 rings (SSSR count). The van der Waals surface area contributed by atoms with Crippen molar-refractivity contribution < 1.29 is 9.94 Å². The lowest BCUT2D eigenvalue weighted by Crippen LogP contribution is -2.09. The van der Waals surface area contributed by atoms with E-state index in [1.165, 1.54) is 0 Å².